The Balaban J connectivity index is 1.36. The normalized spacial score (nSPS) is 17.3. The van der Waals surface area contributed by atoms with Gasteiger partial charge in [0.05, 0.1) is 31.0 Å². The molecule has 0 aromatic heterocycles. The van der Waals surface area contributed by atoms with Gasteiger partial charge in [0.25, 0.3) is 5.91 Å². The summed E-state index contributed by atoms with van der Waals surface area (Å²) in [7, 11) is 3.69. The van der Waals surface area contributed by atoms with Crippen molar-refractivity contribution in [3.63, 3.8) is 0 Å². The Kier molecular flexibility index (Phi) is 9.67. The first-order valence-electron chi connectivity index (χ1n) is 14.9. The van der Waals surface area contributed by atoms with Crippen LogP contribution in [0.4, 0.5) is 16.2 Å². The predicted octanol–water partition coefficient (Wildman–Crippen LogP) is 5.84. The van der Waals surface area contributed by atoms with Crippen molar-refractivity contribution < 1.29 is 24.2 Å². The van der Waals surface area contributed by atoms with Gasteiger partial charge >= 0.3 is 6.03 Å². The fourth-order valence-electron chi connectivity index (χ4n) is 5.55. The van der Waals surface area contributed by atoms with Gasteiger partial charge in [0.2, 0.25) is 0 Å². The minimum Gasteiger partial charge on any atom is -0.497 e. The molecule has 1 aliphatic rings. The molecule has 3 amide bonds. The topological polar surface area (TPSA) is 103 Å². The maximum atomic E-state index is 13.8. The molecule has 0 saturated carbocycles. The Labute approximate surface area is 258 Å². The van der Waals surface area contributed by atoms with Crippen LogP contribution in [0.5, 0.6) is 11.5 Å². The van der Waals surface area contributed by atoms with E-state index in [1.54, 1.807) is 30.2 Å². The lowest BCUT2D eigenvalue weighted by Crippen LogP contribution is -2.49. The molecular formula is C35H40N4O5. The second-order valence-corrected chi connectivity index (χ2v) is 11.5. The first-order valence-corrected chi connectivity index (χ1v) is 14.9. The molecule has 4 aromatic rings. The van der Waals surface area contributed by atoms with Crippen LogP contribution >= 0.6 is 0 Å². The van der Waals surface area contributed by atoms with E-state index in [2.05, 4.69) is 22.5 Å². The van der Waals surface area contributed by atoms with Crippen molar-refractivity contribution in [1.29, 1.82) is 0 Å². The van der Waals surface area contributed by atoms with Crippen LogP contribution in [0.1, 0.15) is 29.8 Å². The van der Waals surface area contributed by atoms with Gasteiger partial charge < -0.3 is 30.1 Å². The SMILES string of the molecule is COc1ccc(CN(C)C[C@H]2Oc3ccc(NC(=O)Nc4cccc5ccccc45)cc3C(=O)N([C@H](C)CO)C[C@@H]2C)cc1. The molecule has 1 heterocycles. The number of likely N-dealkylation sites (N-methyl/N-ethyl adjacent to an activating group) is 1. The highest BCUT2D eigenvalue weighted by molar-refractivity contribution is 6.07. The Morgan fingerprint density at radius 1 is 1.07 bits per heavy atom. The van der Waals surface area contributed by atoms with Gasteiger partial charge in [0.15, 0.2) is 0 Å². The second-order valence-electron chi connectivity index (χ2n) is 11.5. The molecule has 9 heteroatoms. The molecule has 4 aromatic carbocycles. The number of rotatable bonds is 9. The molecule has 3 N–H and O–H groups in total. The lowest BCUT2D eigenvalue weighted by Gasteiger charge is -2.38. The van der Waals surface area contributed by atoms with E-state index in [0.717, 1.165) is 22.1 Å². The third-order valence-electron chi connectivity index (χ3n) is 8.06. The van der Waals surface area contributed by atoms with Crippen LogP contribution in [0, 0.1) is 5.92 Å². The Hall–Kier alpha value is -4.60. The number of hydrogen-bond acceptors (Lipinski definition) is 6. The van der Waals surface area contributed by atoms with Crippen molar-refractivity contribution in [2.45, 2.75) is 32.5 Å². The highest BCUT2D eigenvalue weighted by Gasteiger charge is 2.33. The number of carbonyl (C=O) groups excluding carboxylic acids is 2. The van der Waals surface area contributed by atoms with Gasteiger partial charge in [-0.3, -0.25) is 9.69 Å². The van der Waals surface area contributed by atoms with Crippen LogP contribution in [0.25, 0.3) is 10.8 Å². The molecule has 3 atom stereocenters. The van der Waals surface area contributed by atoms with E-state index in [1.807, 2.05) is 80.7 Å². The van der Waals surface area contributed by atoms with Crippen LogP contribution < -0.4 is 20.1 Å². The maximum absolute atomic E-state index is 13.8. The summed E-state index contributed by atoms with van der Waals surface area (Å²) in [6.07, 6.45) is -0.230. The van der Waals surface area contributed by atoms with Gasteiger partial charge in [0.1, 0.15) is 17.6 Å². The van der Waals surface area contributed by atoms with E-state index >= 15 is 0 Å². The number of hydrogen-bond donors (Lipinski definition) is 3. The van der Waals surface area contributed by atoms with Gasteiger partial charge in [-0.2, -0.15) is 0 Å². The summed E-state index contributed by atoms with van der Waals surface area (Å²) in [5.74, 6) is 0.993. The molecule has 0 aliphatic carbocycles. The lowest BCUT2D eigenvalue weighted by molar-refractivity contribution is 0.0341. The van der Waals surface area contributed by atoms with Crippen molar-refractivity contribution >= 4 is 34.1 Å². The summed E-state index contributed by atoms with van der Waals surface area (Å²) in [4.78, 5) is 30.7. The van der Waals surface area contributed by atoms with E-state index < -0.39 is 6.03 Å². The van der Waals surface area contributed by atoms with Gasteiger partial charge in [-0.25, -0.2) is 4.79 Å². The molecule has 230 valence electrons. The number of anilines is 2. The number of methoxy groups -OCH3 is 1. The fourth-order valence-corrected chi connectivity index (χ4v) is 5.55. The number of fused-ring (bicyclic) bond motifs is 2. The van der Waals surface area contributed by atoms with Crippen molar-refractivity contribution in [3.05, 3.63) is 96.1 Å². The number of aliphatic hydroxyl groups is 1. The van der Waals surface area contributed by atoms with E-state index in [1.165, 1.54) is 0 Å². The molecule has 0 bridgehead atoms. The third-order valence-corrected chi connectivity index (χ3v) is 8.06. The van der Waals surface area contributed by atoms with Gasteiger partial charge in [0, 0.05) is 36.6 Å². The monoisotopic (exact) mass is 596 g/mol. The number of amides is 3. The van der Waals surface area contributed by atoms with Crippen LogP contribution in [-0.4, -0.2) is 72.8 Å². The van der Waals surface area contributed by atoms with Gasteiger partial charge in [-0.15, -0.1) is 0 Å². The number of carbonyl (C=O) groups is 2. The zero-order valence-corrected chi connectivity index (χ0v) is 25.6. The average Bonchev–Trinajstić information content (AvgIpc) is 3.03. The van der Waals surface area contributed by atoms with Crippen LogP contribution in [0.3, 0.4) is 0 Å². The third kappa shape index (κ3) is 7.12. The first-order chi connectivity index (χ1) is 21.2. The molecule has 9 nitrogen and oxygen atoms in total. The number of urea groups is 1. The summed E-state index contributed by atoms with van der Waals surface area (Å²) in [6, 6.07) is 25.8. The summed E-state index contributed by atoms with van der Waals surface area (Å²) >= 11 is 0. The fraction of sp³-hybridized carbons (Fsp3) is 0.314. The molecule has 0 fully saturated rings. The largest absolute Gasteiger partial charge is 0.497 e. The van der Waals surface area contributed by atoms with E-state index in [9.17, 15) is 14.7 Å². The Morgan fingerprint density at radius 3 is 2.57 bits per heavy atom. The minimum absolute atomic E-state index is 0.0105. The van der Waals surface area contributed by atoms with E-state index in [0.29, 0.717) is 42.3 Å². The standard InChI is InChI=1S/C35H40N4O5/c1-23-19-39(24(2)22-40)34(41)30-18-27(36-35(42)37-31-11-7-9-26-8-5-6-10-29(26)31)14-17-32(30)44-33(23)21-38(3)20-25-12-15-28(43-4)16-13-25/h5-18,23-24,33,40H,19-22H2,1-4H3,(H2,36,37,42)/t23-,24+,33+/m0/s1. The zero-order valence-electron chi connectivity index (χ0n) is 25.6. The molecule has 0 radical (unpaired) electrons. The summed E-state index contributed by atoms with van der Waals surface area (Å²) in [6.45, 7) is 5.48. The highest BCUT2D eigenvalue weighted by atomic mass is 16.5. The summed E-state index contributed by atoms with van der Waals surface area (Å²) in [5.41, 5.74) is 2.62. The minimum atomic E-state index is -0.423. The second kappa shape index (κ2) is 13.8. The van der Waals surface area contributed by atoms with Crippen LogP contribution in [0.2, 0.25) is 0 Å². The molecular weight excluding hydrogens is 556 g/mol. The summed E-state index contributed by atoms with van der Waals surface area (Å²) < 4.78 is 11.8. The number of aliphatic hydroxyl groups excluding tert-OH is 1. The molecule has 1 aliphatic heterocycles. The van der Waals surface area contributed by atoms with E-state index in [-0.39, 0.29) is 30.6 Å². The average molecular weight is 597 g/mol. The van der Waals surface area contributed by atoms with Crippen molar-refractivity contribution in [2.24, 2.45) is 5.92 Å². The first kappa shape index (κ1) is 30.8. The molecule has 0 saturated heterocycles. The maximum Gasteiger partial charge on any atom is 0.323 e. The molecule has 0 unspecified atom stereocenters. The number of nitrogens with one attached hydrogen (secondary N) is 2. The van der Waals surface area contributed by atoms with Gasteiger partial charge in [-0.1, -0.05) is 55.5 Å². The highest BCUT2D eigenvalue weighted by Crippen LogP contribution is 2.31. The van der Waals surface area contributed by atoms with Crippen LogP contribution in [0.15, 0.2) is 84.9 Å². The van der Waals surface area contributed by atoms with Crippen LogP contribution in [-0.2, 0) is 6.54 Å². The number of nitrogens with zero attached hydrogens (tertiary/aromatic N) is 2. The van der Waals surface area contributed by atoms with Crippen molar-refractivity contribution in [2.75, 3.05) is 44.5 Å². The number of ether oxygens (including phenoxy) is 2. The smallest absolute Gasteiger partial charge is 0.323 e. The van der Waals surface area contributed by atoms with E-state index in [4.69, 9.17) is 9.47 Å². The quantitative estimate of drug-likeness (QED) is 0.224. The predicted molar refractivity (Wildman–Crippen MR) is 174 cm³/mol. The molecule has 5 rings (SSSR count). The van der Waals surface area contributed by atoms with Gasteiger partial charge in [-0.05, 0) is 61.3 Å². The van der Waals surface area contributed by atoms with Crippen molar-refractivity contribution in [1.82, 2.24) is 9.80 Å². The Morgan fingerprint density at radius 2 is 1.82 bits per heavy atom. The van der Waals surface area contributed by atoms with Crippen molar-refractivity contribution in [3.8, 4) is 11.5 Å². The molecule has 44 heavy (non-hydrogen) atoms. The molecule has 0 spiro atoms. The number of benzene rings is 4. The summed E-state index contributed by atoms with van der Waals surface area (Å²) in [5, 5.41) is 17.7. The lowest BCUT2D eigenvalue weighted by atomic mass is 9.99. The Bertz CT molecular complexity index is 1600. The zero-order chi connectivity index (χ0) is 31.2.